The minimum Gasteiger partial charge on any atom is -0.481 e. The van der Waals surface area contributed by atoms with E-state index in [2.05, 4.69) is 4.98 Å². The fourth-order valence-electron chi connectivity index (χ4n) is 1.14. The summed E-state index contributed by atoms with van der Waals surface area (Å²) in [5.74, 6) is 0.0474. The third kappa shape index (κ3) is 4.26. The number of carbonyl (C=O) groups is 1. The van der Waals surface area contributed by atoms with Gasteiger partial charge in [0.1, 0.15) is 10.6 Å². The molecule has 1 aromatic heterocycles. The summed E-state index contributed by atoms with van der Waals surface area (Å²) in [7, 11) is 1.52. The lowest BCUT2D eigenvalue weighted by molar-refractivity contribution is 0.00686. The minimum absolute atomic E-state index is 0.367. The fourth-order valence-corrected chi connectivity index (χ4v) is 1.57. The van der Waals surface area contributed by atoms with Crippen molar-refractivity contribution >= 4 is 17.7 Å². The molecule has 0 aliphatic heterocycles. The van der Waals surface area contributed by atoms with E-state index < -0.39 is 5.60 Å². The van der Waals surface area contributed by atoms with Crippen LogP contribution in [-0.4, -0.2) is 29.9 Å². The predicted molar refractivity (Wildman–Crippen MR) is 67.7 cm³/mol. The number of methoxy groups -OCH3 is 1. The van der Waals surface area contributed by atoms with E-state index in [4.69, 9.17) is 9.47 Å². The van der Waals surface area contributed by atoms with Gasteiger partial charge in [-0.15, -0.1) is 11.8 Å². The zero-order valence-corrected chi connectivity index (χ0v) is 11.6. The predicted octanol–water partition coefficient (Wildman–Crippen LogP) is 2.77. The number of nitrogens with zero attached hydrogens (tertiary/aromatic N) is 1. The van der Waals surface area contributed by atoms with Crippen molar-refractivity contribution in [2.24, 2.45) is 0 Å². The second kappa shape index (κ2) is 5.40. The van der Waals surface area contributed by atoms with Crippen molar-refractivity contribution in [3.8, 4) is 5.88 Å². The van der Waals surface area contributed by atoms with Crippen LogP contribution in [0.2, 0.25) is 0 Å². The first-order valence-corrected chi connectivity index (χ1v) is 6.41. The lowest BCUT2D eigenvalue weighted by atomic mass is 10.2. The third-order valence-electron chi connectivity index (χ3n) is 1.83. The molecule has 0 amide bonds. The number of rotatable bonds is 3. The molecule has 0 saturated heterocycles. The highest BCUT2D eigenvalue weighted by atomic mass is 32.2. The van der Waals surface area contributed by atoms with Crippen molar-refractivity contribution in [1.82, 2.24) is 4.98 Å². The van der Waals surface area contributed by atoms with Gasteiger partial charge in [0.25, 0.3) is 0 Å². The van der Waals surface area contributed by atoms with Crippen LogP contribution in [0.15, 0.2) is 17.2 Å². The van der Waals surface area contributed by atoms with Crippen LogP contribution in [0, 0.1) is 0 Å². The molecule has 0 radical (unpaired) electrons. The Balaban J connectivity index is 3.00. The molecule has 17 heavy (non-hydrogen) atoms. The molecular weight excluding hydrogens is 238 g/mol. The highest BCUT2D eigenvalue weighted by molar-refractivity contribution is 7.98. The zero-order valence-electron chi connectivity index (χ0n) is 10.7. The molecule has 0 unspecified atom stereocenters. The van der Waals surface area contributed by atoms with Gasteiger partial charge >= 0.3 is 5.97 Å². The molecule has 0 aromatic carbocycles. The van der Waals surface area contributed by atoms with E-state index in [-0.39, 0.29) is 5.97 Å². The Morgan fingerprint density at radius 3 is 2.47 bits per heavy atom. The summed E-state index contributed by atoms with van der Waals surface area (Å²) in [6.07, 6.45) is 1.89. The molecule has 1 heterocycles. The molecule has 1 aromatic rings. The van der Waals surface area contributed by atoms with Gasteiger partial charge in [0.2, 0.25) is 5.88 Å². The van der Waals surface area contributed by atoms with Crippen LogP contribution in [-0.2, 0) is 4.74 Å². The van der Waals surface area contributed by atoms with E-state index in [1.54, 1.807) is 12.1 Å². The molecule has 1 rings (SSSR count). The number of pyridine rings is 1. The quantitative estimate of drug-likeness (QED) is 0.614. The second-order valence-electron chi connectivity index (χ2n) is 4.44. The molecule has 0 bridgehead atoms. The molecule has 94 valence electrons. The van der Waals surface area contributed by atoms with Gasteiger partial charge in [-0.25, -0.2) is 9.78 Å². The van der Waals surface area contributed by atoms with Gasteiger partial charge < -0.3 is 9.47 Å². The van der Waals surface area contributed by atoms with Crippen LogP contribution >= 0.6 is 11.8 Å². The van der Waals surface area contributed by atoms with Gasteiger partial charge in [0.05, 0.1) is 12.7 Å². The number of ether oxygens (including phenoxy) is 2. The molecular formula is C12H17NO3S. The van der Waals surface area contributed by atoms with Crippen molar-refractivity contribution in [1.29, 1.82) is 0 Å². The van der Waals surface area contributed by atoms with E-state index in [9.17, 15) is 4.79 Å². The summed E-state index contributed by atoms with van der Waals surface area (Å²) in [5, 5.41) is 0.727. The van der Waals surface area contributed by atoms with E-state index in [0.29, 0.717) is 11.4 Å². The summed E-state index contributed by atoms with van der Waals surface area (Å²) in [5.41, 5.74) is -0.0521. The Kier molecular flexibility index (Phi) is 4.40. The largest absolute Gasteiger partial charge is 0.481 e. The smallest absolute Gasteiger partial charge is 0.338 e. The first kappa shape index (κ1) is 13.8. The molecule has 0 fully saturated rings. The second-order valence-corrected chi connectivity index (χ2v) is 5.27. The van der Waals surface area contributed by atoms with Gasteiger partial charge in [0.15, 0.2) is 0 Å². The normalized spacial score (nSPS) is 11.1. The van der Waals surface area contributed by atoms with E-state index in [1.807, 2.05) is 27.0 Å². The lowest BCUT2D eigenvalue weighted by Gasteiger charge is -2.19. The Labute approximate surface area is 106 Å². The van der Waals surface area contributed by atoms with E-state index in [1.165, 1.54) is 18.9 Å². The summed E-state index contributed by atoms with van der Waals surface area (Å²) in [6.45, 7) is 5.50. The van der Waals surface area contributed by atoms with Gasteiger partial charge in [-0.2, -0.15) is 0 Å². The van der Waals surface area contributed by atoms with Crippen LogP contribution in [0.4, 0.5) is 0 Å². The number of aromatic nitrogens is 1. The molecule has 0 N–H and O–H groups in total. The van der Waals surface area contributed by atoms with Crippen molar-refractivity contribution in [3.63, 3.8) is 0 Å². The Hall–Kier alpha value is -1.23. The Bertz CT molecular complexity index is 390. The summed E-state index contributed by atoms with van der Waals surface area (Å²) in [4.78, 5) is 16.1. The maximum Gasteiger partial charge on any atom is 0.338 e. The standard InChI is InChI=1S/C12H17NO3S/c1-12(2,3)16-11(14)8-6-9(15-4)13-10(7-8)17-5/h6-7H,1-5H3. The van der Waals surface area contributed by atoms with E-state index >= 15 is 0 Å². The van der Waals surface area contributed by atoms with E-state index in [0.717, 1.165) is 5.03 Å². The van der Waals surface area contributed by atoms with Crippen molar-refractivity contribution in [2.45, 2.75) is 31.4 Å². The number of hydrogen-bond donors (Lipinski definition) is 0. The Morgan fingerprint density at radius 1 is 1.35 bits per heavy atom. The Morgan fingerprint density at radius 2 is 2.00 bits per heavy atom. The first-order chi connectivity index (χ1) is 7.85. The molecule has 0 aliphatic carbocycles. The van der Waals surface area contributed by atoms with Crippen LogP contribution in [0.3, 0.4) is 0 Å². The molecule has 0 atom stereocenters. The maximum atomic E-state index is 11.9. The highest BCUT2D eigenvalue weighted by Gasteiger charge is 2.19. The molecule has 5 heteroatoms. The first-order valence-electron chi connectivity index (χ1n) is 5.19. The topological polar surface area (TPSA) is 48.4 Å². The summed E-state index contributed by atoms with van der Waals surface area (Å²) >= 11 is 1.45. The summed E-state index contributed by atoms with van der Waals surface area (Å²) < 4.78 is 10.3. The molecule has 0 aliphatic rings. The minimum atomic E-state index is -0.507. The van der Waals surface area contributed by atoms with Crippen molar-refractivity contribution < 1.29 is 14.3 Å². The van der Waals surface area contributed by atoms with Crippen molar-refractivity contribution in [3.05, 3.63) is 17.7 Å². The van der Waals surface area contributed by atoms with Gasteiger partial charge in [-0.05, 0) is 33.1 Å². The number of esters is 1. The van der Waals surface area contributed by atoms with Crippen LogP contribution in [0.5, 0.6) is 5.88 Å². The average Bonchev–Trinajstić information content (AvgIpc) is 2.26. The van der Waals surface area contributed by atoms with Crippen LogP contribution in [0.1, 0.15) is 31.1 Å². The number of hydrogen-bond acceptors (Lipinski definition) is 5. The summed E-state index contributed by atoms with van der Waals surface area (Å²) in [6, 6.07) is 3.27. The maximum absolute atomic E-state index is 11.9. The third-order valence-corrected chi connectivity index (χ3v) is 2.46. The van der Waals surface area contributed by atoms with Crippen molar-refractivity contribution in [2.75, 3.05) is 13.4 Å². The van der Waals surface area contributed by atoms with Gasteiger partial charge in [-0.1, -0.05) is 0 Å². The lowest BCUT2D eigenvalue weighted by Crippen LogP contribution is -2.24. The van der Waals surface area contributed by atoms with Gasteiger partial charge in [0, 0.05) is 6.07 Å². The SMILES string of the molecule is COc1cc(C(=O)OC(C)(C)C)cc(SC)n1. The van der Waals surface area contributed by atoms with Crippen LogP contribution < -0.4 is 4.74 Å². The van der Waals surface area contributed by atoms with Gasteiger partial charge in [-0.3, -0.25) is 0 Å². The fraction of sp³-hybridized carbons (Fsp3) is 0.500. The number of carbonyl (C=O) groups excluding carboxylic acids is 1. The zero-order chi connectivity index (χ0) is 13.1. The molecule has 0 spiro atoms. The molecule has 4 nitrogen and oxygen atoms in total. The molecule has 0 saturated carbocycles. The monoisotopic (exact) mass is 255 g/mol. The highest BCUT2D eigenvalue weighted by Crippen LogP contribution is 2.21. The number of thioether (sulfide) groups is 1. The average molecular weight is 255 g/mol. The van der Waals surface area contributed by atoms with Crippen LogP contribution in [0.25, 0.3) is 0 Å².